The van der Waals surface area contributed by atoms with Crippen LogP contribution in [0.5, 0.6) is 11.5 Å². The lowest BCUT2D eigenvalue weighted by Crippen LogP contribution is -2.50. The van der Waals surface area contributed by atoms with Crippen LogP contribution in [0, 0.1) is 5.92 Å². The van der Waals surface area contributed by atoms with Gasteiger partial charge in [-0.1, -0.05) is 37.0 Å². The number of thioether (sulfide) groups is 1. The number of aliphatic carboxylic acids is 1. The van der Waals surface area contributed by atoms with Gasteiger partial charge in [-0.05, 0) is 68.7 Å². The molecule has 1 aromatic carbocycles. The highest BCUT2D eigenvalue weighted by Crippen LogP contribution is 2.34. The number of carbonyl (C=O) groups is 2. The molecule has 1 heterocycles. The van der Waals surface area contributed by atoms with E-state index in [9.17, 15) is 9.59 Å². The normalized spacial score (nSPS) is 20.6. The largest absolute Gasteiger partial charge is 0.497 e. The van der Waals surface area contributed by atoms with E-state index in [-0.39, 0.29) is 23.9 Å². The molecule has 0 spiro atoms. The van der Waals surface area contributed by atoms with Gasteiger partial charge in [0.1, 0.15) is 11.5 Å². The number of methoxy groups -OCH3 is 1. The lowest BCUT2D eigenvalue weighted by atomic mass is 9.85. The standard InChI is InChI=1S/C27H37N3O5S2/c1-34-22-12-14-23(15-13-22)35-17-19-8-10-21(11-9-19)30(20-6-4-2-3-5-7-20)27(33)29-26-28-16-25(37-26)36-18-24(31)32/h12-16,19-21H,2-11,17-18H2,1H3,(H,31,32)(H,28,29,33). The first kappa shape index (κ1) is 27.6. The Balaban J connectivity index is 1.35. The summed E-state index contributed by atoms with van der Waals surface area (Å²) in [5.74, 6) is 1.26. The molecule has 2 aliphatic rings. The van der Waals surface area contributed by atoms with Gasteiger partial charge in [-0.3, -0.25) is 10.1 Å². The van der Waals surface area contributed by atoms with Gasteiger partial charge in [0, 0.05) is 12.1 Å². The number of ether oxygens (including phenoxy) is 2. The summed E-state index contributed by atoms with van der Waals surface area (Å²) in [5, 5.41) is 12.5. The minimum absolute atomic E-state index is 0.0187. The van der Waals surface area contributed by atoms with Crippen LogP contribution in [0.1, 0.15) is 64.2 Å². The third kappa shape index (κ3) is 8.26. The molecule has 0 radical (unpaired) electrons. The SMILES string of the molecule is COc1ccc(OCC2CCC(N(C(=O)Nc3ncc(SCC(=O)O)s3)C3CCCCCC3)CC2)cc1. The van der Waals surface area contributed by atoms with Gasteiger partial charge in [0.15, 0.2) is 5.13 Å². The zero-order chi connectivity index (χ0) is 26.0. The van der Waals surface area contributed by atoms with Gasteiger partial charge in [-0.15, -0.1) is 11.8 Å². The summed E-state index contributed by atoms with van der Waals surface area (Å²) in [6.07, 6.45) is 12.5. The van der Waals surface area contributed by atoms with Crippen LogP contribution in [0.25, 0.3) is 0 Å². The van der Waals surface area contributed by atoms with Crippen molar-refractivity contribution in [3.63, 3.8) is 0 Å². The number of amides is 2. The van der Waals surface area contributed by atoms with Gasteiger partial charge in [-0.2, -0.15) is 0 Å². The number of carboxylic acid groups (broad SMARTS) is 1. The smallest absolute Gasteiger partial charge is 0.324 e. The molecular weight excluding hydrogens is 510 g/mol. The van der Waals surface area contributed by atoms with Crippen LogP contribution in [0.2, 0.25) is 0 Å². The van der Waals surface area contributed by atoms with E-state index in [0.717, 1.165) is 67.1 Å². The molecule has 0 saturated heterocycles. The van der Waals surface area contributed by atoms with Crippen molar-refractivity contribution in [2.24, 2.45) is 5.92 Å². The topological polar surface area (TPSA) is 101 Å². The van der Waals surface area contributed by atoms with Crippen LogP contribution in [0.4, 0.5) is 9.93 Å². The van der Waals surface area contributed by atoms with Gasteiger partial charge in [0.2, 0.25) is 0 Å². The van der Waals surface area contributed by atoms with E-state index < -0.39 is 5.97 Å². The molecule has 8 nitrogen and oxygen atoms in total. The van der Waals surface area contributed by atoms with Crippen LogP contribution in [0.3, 0.4) is 0 Å². The second-order valence-corrected chi connectivity index (χ2v) is 12.1. The fourth-order valence-electron chi connectivity index (χ4n) is 5.31. The maximum Gasteiger partial charge on any atom is 0.324 e. The summed E-state index contributed by atoms with van der Waals surface area (Å²) in [4.78, 5) is 30.9. The third-order valence-corrected chi connectivity index (χ3v) is 9.34. The average Bonchev–Trinajstić information content (AvgIpc) is 3.18. The van der Waals surface area contributed by atoms with Crippen LogP contribution in [-0.4, -0.2) is 58.5 Å². The number of aromatic nitrogens is 1. The van der Waals surface area contributed by atoms with E-state index >= 15 is 0 Å². The molecule has 2 saturated carbocycles. The molecule has 0 unspecified atom stereocenters. The number of hydrogen-bond acceptors (Lipinski definition) is 7. The Bertz CT molecular complexity index is 1000. The third-order valence-electron chi connectivity index (χ3n) is 7.24. The first-order valence-electron chi connectivity index (χ1n) is 13.2. The number of hydrogen-bond donors (Lipinski definition) is 2. The highest BCUT2D eigenvalue weighted by molar-refractivity contribution is 8.01. The van der Waals surface area contributed by atoms with Crippen LogP contribution in [-0.2, 0) is 4.79 Å². The molecule has 4 rings (SSSR count). The first-order valence-corrected chi connectivity index (χ1v) is 15.0. The molecule has 1 aromatic heterocycles. The number of rotatable bonds is 10. The van der Waals surface area contributed by atoms with E-state index in [0.29, 0.717) is 17.7 Å². The number of urea groups is 1. The highest BCUT2D eigenvalue weighted by atomic mass is 32.2. The average molecular weight is 548 g/mol. The van der Waals surface area contributed by atoms with Crippen molar-refractivity contribution in [2.45, 2.75) is 80.5 Å². The summed E-state index contributed by atoms with van der Waals surface area (Å²) in [7, 11) is 1.66. The number of carbonyl (C=O) groups excluding carboxylic acids is 1. The molecule has 2 amide bonds. The van der Waals surface area contributed by atoms with E-state index in [4.69, 9.17) is 14.6 Å². The molecule has 37 heavy (non-hydrogen) atoms. The van der Waals surface area contributed by atoms with Crippen LogP contribution < -0.4 is 14.8 Å². The van der Waals surface area contributed by atoms with Crippen molar-refractivity contribution >= 4 is 40.2 Å². The molecule has 2 fully saturated rings. The molecule has 2 aromatic rings. The first-order chi connectivity index (χ1) is 18.0. The highest BCUT2D eigenvalue weighted by Gasteiger charge is 2.34. The van der Waals surface area contributed by atoms with Crippen LogP contribution >= 0.6 is 23.1 Å². The predicted octanol–water partition coefficient (Wildman–Crippen LogP) is 6.52. The number of benzene rings is 1. The Morgan fingerprint density at radius 1 is 1.03 bits per heavy atom. The van der Waals surface area contributed by atoms with Crippen molar-refractivity contribution in [3.8, 4) is 11.5 Å². The van der Waals surface area contributed by atoms with E-state index in [1.54, 1.807) is 13.3 Å². The Morgan fingerprint density at radius 2 is 1.68 bits per heavy atom. The van der Waals surface area contributed by atoms with Crippen molar-refractivity contribution in [3.05, 3.63) is 30.5 Å². The second kappa shape index (κ2) is 13.9. The van der Waals surface area contributed by atoms with Crippen molar-refractivity contribution < 1.29 is 24.2 Å². The number of nitrogens with one attached hydrogen (secondary N) is 1. The van der Waals surface area contributed by atoms with Gasteiger partial charge in [-0.25, -0.2) is 9.78 Å². The Morgan fingerprint density at radius 3 is 2.32 bits per heavy atom. The minimum atomic E-state index is -0.867. The summed E-state index contributed by atoms with van der Waals surface area (Å²) >= 11 is 2.55. The Kier molecular flexibility index (Phi) is 10.4. The molecule has 202 valence electrons. The fraction of sp³-hybridized carbons (Fsp3) is 0.593. The summed E-state index contributed by atoms with van der Waals surface area (Å²) in [5.41, 5.74) is 0. The van der Waals surface area contributed by atoms with Crippen molar-refractivity contribution in [2.75, 3.05) is 24.8 Å². The van der Waals surface area contributed by atoms with E-state index in [1.807, 2.05) is 24.3 Å². The maximum absolute atomic E-state index is 13.6. The van der Waals surface area contributed by atoms with E-state index in [1.165, 1.54) is 35.9 Å². The van der Waals surface area contributed by atoms with Crippen molar-refractivity contribution in [1.82, 2.24) is 9.88 Å². The Hall–Kier alpha value is -2.46. The monoisotopic (exact) mass is 547 g/mol. The molecule has 2 aliphatic carbocycles. The van der Waals surface area contributed by atoms with Gasteiger partial charge < -0.3 is 19.5 Å². The predicted molar refractivity (Wildman–Crippen MR) is 147 cm³/mol. The zero-order valence-electron chi connectivity index (χ0n) is 21.4. The number of thiazole rings is 1. The van der Waals surface area contributed by atoms with Gasteiger partial charge in [0.05, 0.1) is 29.9 Å². The fourth-order valence-corrected chi connectivity index (χ4v) is 6.90. The molecule has 0 bridgehead atoms. The zero-order valence-corrected chi connectivity index (χ0v) is 23.0. The summed E-state index contributed by atoms with van der Waals surface area (Å²) in [6, 6.07) is 8.08. The minimum Gasteiger partial charge on any atom is -0.497 e. The van der Waals surface area contributed by atoms with Crippen molar-refractivity contribution in [1.29, 1.82) is 0 Å². The lowest BCUT2D eigenvalue weighted by molar-refractivity contribution is -0.133. The number of carboxylic acids is 1. The molecule has 0 aliphatic heterocycles. The number of anilines is 1. The second-order valence-electron chi connectivity index (χ2n) is 9.81. The van der Waals surface area contributed by atoms with Gasteiger partial charge in [0.25, 0.3) is 0 Å². The molecular formula is C27H37N3O5S2. The Labute approximate surface area is 227 Å². The maximum atomic E-state index is 13.6. The summed E-state index contributed by atoms with van der Waals surface area (Å²) < 4.78 is 12.0. The quantitative estimate of drug-likeness (QED) is 0.258. The van der Waals surface area contributed by atoms with Crippen LogP contribution in [0.15, 0.2) is 34.7 Å². The molecule has 2 N–H and O–H groups in total. The molecule has 0 atom stereocenters. The lowest BCUT2D eigenvalue weighted by Gasteiger charge is -2.41. The molecule has 10 heteroatoms. The summed E-state index contributed by atoms with van der Waals surface area (Å²) in [6.45, 7) is 0.685. The number of nitrogens with zero attached hydrogens (tertiary/aromatic N) is 2. The van der Waals surface area contributed by atoms with E-state index in [2.05, 4.69) is 15.2 Å². The van der Waals surface area contributed by atoms with Gasteiger partial charge >= 0.3 is 12.0 Å².